The van der Waals surface area contributed by atoms with Crippen LogP contribution in [0.5, 0.6) is 11.5 Å². The molecule has 0 aliphatic heterocycles. The molecule has 2 aromatic rings. The molecule has 0 bridgehead atoms. The van der Waals surface area contributed by atoms with Crippen LogP contribution in [0, 0.1) is 5.82 Å². The summed E-state index contributed by atoms with van der Waals surface area (Å²) in [4.78, 5) is 10.9. The van der Waals surface area contributed by atoms with Gasteiger partial charge in [-0.25, -0.2) is 4.39 Å². The van der Waals surface area contributed by atoms with Crippen LogP contribution < -0.4 is 9.47 Å². The molecule has 0 heterocycles. The second kappa shape index (κ2) is 6.91. The maximum atomic E-state index is 14.1. The van der Waals surface area contributed by atoms with Gasteiger partial charge < -0.3 is 9.47 Å². The van der Waals surface area contributed by atoms with Gasteiger partial charge in [-0.2, -0.15) is 0 Å². The maximum Gasteiger partial charge on any atom is 0.176 e. The Morgan fingerprint density at radius 2 is 2.00 bits per heavy atom. The Balaban J connectivity index is 2.19. The number of carbonyl (C=O) groups excluding carboxylic acids is 1. The Morgan fingerprint density at radius 1 is 1.33 bits per heavy atom. The average molecular weight is 374 g/mol. The molecular weight excluding hydrogens is 363 g/mol. The van der Waals surface area contributed by atoms with Crippen molar-refractivity contribution < 1.29 is 18.7 Å². The van der Waals surface area contributed by atoms with Crippen molar-refractivity contribution in [3.63, 3.8) is 0 Å². The largest absolute Gasteiger partial charge is 0.497 e. The van der Waals surface area contributed by atoms with Crippen molar-refractivity contribution in [1.82, 2.24) is 0 Å². The molecule has 0 aromatic heterocycles. The molecule has 0 spiro atoms. The van der Waals surface area contributed by atoms with Crippen molar-refractivity contribution >= 4 is 33.8 Å². The van der Waals surface area contributed by atoms with Crippen molar-refractivity contribution in [2.24, 2.45) is 0 Å². The first-order valence-electron chi connectivity index (χ1n) is 5.95. The minimum atomic E-state index is -0.741. The van der Waals surface area contributed by atoms with Crippen LogP contribution in [0.2, 0.25) is 5.02 Å². The fourth-order valence-corrected chi connectivity index (χ4v) is 2.27. The summed E-state index contributed by atoms with van der Waals surface area (Å²) in [5.41, 5.74) is 0.675. The lowest BCUT2D eigenvalue weighted by Crippen LogP contribution is -2.01. The average Bonchev–Trinajstić information content (AvgIpc) is 2.51. The SMILES string of the molecule is COc1ccc(COc2cc(Cl)c(Br)c(C=O)c2F)cc1. The number of aldehydes is 1. The van der Waals surface area contributed by atoms with Gasteiger partial charge in [0.1, 0.15) is 12.4 Å². The summed E-state index contributed by atoms with van der Waals surface area (Å²) in [6.07, 6.45) is 0.394. The van der Waals surface area contributed by atoms with Gasteiger partial charge in [0.15, 0.2) is 17.9 Å². The normalized spacial score (nSPS) is 10.3. The lowest BCUT2D eigenvalue weighted by Gasteiger charge is -2.11. The highest BCUT2D eigenvalue weighted by atomic mass is 79.9. The number of methoxy groups -OCH3 is 1. The quantitative estimate of drug-likeness (QED) is 0.566. The van der Waals surface area contributed by atoms with Gasteiger partial charge in [0.25, 0.3) is 0 Å². The first kappa shape index (κ1) is 15.8. The van der Waals surface area contributed by atoms with E-state index in [0.29, 0.717) is 6.29 Å². The van der Waals surface area contributed by atoms with Crippen LogP contribution in [0.1, 0.15) is 15.9 Å². The van der Waals surface area contributed by atoms with Gasteiger partial charge in [0, 0.05) is 10.5 Å². The predicted molar refractivity (Wildman–Crippen MR) is 81.8 cm³/mol. The van der Waals surface area contributed by atoms with Crippen molar-refractivity contribution in [3.8, 4) is 11.5 Å². The van der Waals surface area contributed by atoms with Crippen LogP contribution in [0.4, 0.5) is 4.39 Å². The van der Waals surface area contributed by atoms with Gasteiger partial charge >= 0.3 is 0 Å². The number of rotatable bonds is 5. The van der Waals surface area contributed by atoms with Crippen LogP contribution in [-0.2, 0) is 6.61 Å². The first-order chi connectivity index (χ1) is 10.1. The zero-order valence-electron chi connectivity index (χ0n) is 11.0. The molecule has 21 heavy (non-hydrogen) atoms. The summed E-state index contributed by atoms with van der Waals surface area (Å²) >= 11 is 8.99. The topological polar surface area (TPSA) is 35.5 Å². The molecule has 0 radical (unpaired) electrons. The Hall–Kier alpha value is -1.59. The van der Waals surface area contributed by atoms with E-state index < -0.39 is 5.82 Å². The van der Waals surface area contributed by atoms with E-state index in [4.69, 9.17) is 21.1 Å². The lowest BCUT2D eigenvalue weighted by atomic mass is 10.2. The highest BCUT2D eigenvalue weighted by Crippen LogP contribution is 2.34. The summed E-state index contributed by atoms with van der Waals surface area (Å²) < 4.78 is 24.7. The molecule has 110 valence electrons. The molecule has 0 aliphatic rings. The molecule has 0 aliphatic carbocycles. The minimum absolute atomic E-state index is 0.0684. The fraction of sp³-hybridized carbons (Fsp3) is 0.133. The Bertz CT molecular complexity index is 659. The molecule has 0 N–H and O–H groups in total. The molecular formula is C15H11BrClFO3. The molecule has 0 atom stereocenters. The van der Waals surface area contributed by atoms with Gasteiger partial charge in [-0.15, -0.1) is 0 Å². The summed E-state index contributed by atoms with van der Waals surface area (Å²) in [5.74, 6) is -0.0873. The van der Waals surface area contributed by atoms with Gasteiger partial charge in [0.2, 0.25) is 0 Å². The third kappa shape index (κ3) is 3.54. The fourth-order valence-electron chi connectivity index (χ4n) is 1.69. The molecule has 0 saturated heterocycles. The van der Waals surface area contributed by atoms with E-state index in [2.05, 4.69) is 15.9 Å². The molecule has 0 amide bonds. The molecule has 0 saturated carbocycles. The molecule has 2 aromatic carbocycles. The zero-order chi connectivity index (χ0) is 15.4. The summed E-state index contributed by atoms with van der Waals surface area (Å²) in [7, 11) is 1.58. The van der Waals surface area contributed by atoms with Gasteiger partial charge in [0.05, 0.1) is 17.7 Å². The second-order valence-electron chi connectivity index (χ2n) is 4.15. The number of ether oxygens (including phenoxy) is 2. The van der Waals surface area contributed by atoms with Crippen LogP contribution in [0.3, 0.4) is 0 Å². The van der Waals surface area contributed by atoms with Gasteiger partial charge in [-0.1, -0.05) is 23.7 Å². The molecule has 2 rings (SSSR count). The van der Waals surface area contributed by atoms with Gasteiger partial charge in [-0.3, -0.25) is 4.79 Å². The van der Waals surface area contributed by atoms with Crippen molar-refractivity contribution in [2.45, 2.75) is 6.61 Å². The van der Waals surface area contributed by atoms with E-state index in [1.54, 1.807) is 31.4 Å². The van der Waals surface area contributed by atoms with Crippen LogP contribution in [0.25, 0.3) is 0 Å². The molecule has 6 heteroatoms. The van der Waals surface area contributed by atoms with E-state index in [-0.39, 0.29) is 27.4 Å². The summed E-state index contributed by atoms with van der Waals surface area (Å²) in [6.45, 7) is 0.150. The third-order valence-corrected chi connectivity index (χ3v) is 4.21. The van der Waals surface area contributed by atoms with Crippen LogP contribution >= 0.6 is 27.5 Å². The summed E-state index contributed by atoms with van der Waals surface area (Å²) in [6, 6.07) is 8.49. The van der Waals surface area contributed by atoms with E-state index >= 15 is 0 Å². The van der Waals surface area contributed by atoms with Crippen molar-refractivity contribution in [2.75, 3.05) is 7.11 Å². The number of halogens is 3. The Labute approximate surface area is 134 Å². The van der Waals surface area contributed by atoms with Crippen LogP contribution in [-0.4, -0.2) is 13.4 Å². The monoisotopic (exact) mass is 372 g/mol. The number of hydrogen-bond donors (Lipinski definition) is 0. The van der Waals surface area contributed by atoms with E-state index in [1.165, 1.54) is 6.07 Å². The number of hydrogen-bond acceptors (Lipinski definition) is 3. The van der Waals surface area contributed by atoms with Gasteiger partial charge in [-0.05, 0) is 33.6 Å². The van der Waals surface area contributed by atoms with Crippen LogP contribution in [0.15, 0.2) is 34.8 Å². The Morgan fingerprint density at radius 3 is 2.57 bits per heavy atom. The number of benzene rings is 2. The standard InChI is InChI=1S/C15H11BrClFO3/c1-20-10-4-2-9(3-5-10)8-21-13-6-12(17)14(16)11(7-19)15(13)18/h2-7H,8H2,1H3. The first-order valence-corrected chi connectivity index (χ1v) is 7.12. The van der Waals surface area contributed by atoms with Crippen molar-refractivity contribution in [1.29, 1.82) is 0 Å². The lowest BCUT2D eigenvalue weighted by molar-refractivity contribution is 0.111. The van der Waals surface area contributed by atoms with E-state index in [0.717, 1.165) is 11.3 Å². The minimum Gasteiger partial charge on any atom is -0.497 e. The predicted octanol–water partition coefficient (Wildman–Crippen LogP) is 4.64. The van der Waals surface area contributed by atoms with E-state index in [1.807, 2.05) is 0 Å². The molecule has 3 nitrogen and oxygen atoms in total. The highest BCUT2D eigenvalue weighted by Gasteiger charge is 2.16. The zero-order valence-corrected chi connectivity index (χ0v) is 13.4. The Kier molecular flexibility index (Phi) is 5.20. The van der Waals surface area contributed by atoms with E-state index in [9.17, 15) is 9.18 Å². The summed E-state index contributed by atoms with van der Waals surface area (Å²) in [5, 5.41) is 0.211. The number of carbonyl (C=O) groups is 1. The third-order valence-electron chi connectivity index (χ3n) is 2.83. The highest BCUT2D eigenvalue weighted by molar-refractivity contribution is 9.10. The molecule has 0 unspecified atom stereocenters. The van der Waals surface area contributed by atoms with Crippen molar-refractivity contribution in [3.05, 3.63) is 56.8 Å². The molecule has 0 fully saturated rings. The second-order valence-corrected chi connectivity index (χ2v) is 5.35. The smallest absolute Gasteiger partial charge is 0.176 e. The maximum absolute atomic E-state index is 14.1.